The average molecular weight is 922 g/mol. The number of hydrogen-bond donors (Lipinski definition) is 6. The van der Waals surface area contributed by atoms with Crippen LogP contribution in [0.2, 0.25) is 0 Å². The summed E-state index contributed by atoms with van der Waals surface area (Å²) < 4.78 is 64.2. The molecule has 6 aliphatic rings. The van der Waals surface area contributed by atoms with Crippen molar-refractivity contribution in [3.8, 4) is 0 Å². The second kappa shape index (κ2) is 17.0. The summed E-state index contributed by atoms with van der Waals surface area (Å²) in [5.41, 5.74) is -3.28. The first-order valence-electron chi connectivity index (χ1n) is 22.7. The normalized spacial score (nSPS) is 38.4. The Kier molecular flexibility index (Phi) is 12.4. The zero-order valence-electron chi connectivity index (χ0n) is 38.0. The molecule has 1 heterocycles. The van der Waals surface area contributed by atoms with Crippen LogP contribution in [0.25, 0.3) is 0 Å². The Balaban J connectivity index is 0.970. The Morgan fingerprint density at radius 3 is 2.38 bits per heavy atom. The molecule has 14 atom stereocenters. The number of hydrogen-bond acceptors (Lipinski definition) is 9. The standard InChI is InChI=1S/C49H62F2N3O10P/c1-8-29-17-18-45(5)37(21-29)38(50)22-36-35-23-41-49(40(56)26-62-65(59,60)61,46(35,6)25-39(55)48(36,45)51)64-44(63-41)32-15-13-30(14-16-32)19-31-11-10-12-34(20-31)53-42(57)27(3)52-43(58)28(4)54-47(7)24-33(47)9-2/h8,10-18,20-21,27-28,33,35-36,38-39,41,44,54-55H,9,19,22-26H2,1-7H3,(H,52,58)(H,53,57)(H2,59,60,61)/b29-8+/t27-,28-,33?,35-,36-,38-,39-,41+,44+,45-,46-,47?,48-,49+/m0/s1. The smallest absolute Gasteiger partial charge is 0.390 e. The molecule has 2 unspecified atom stereocenters. The van der Waals surface area contributed by atoms with Gasteiger partial charge in [-0.1, -0.05) is 81.0 Å². The minimum Gasteiger partial charge on any atom is -0.390 e. The lowest BCUT2D eigenvalue weighted by Gasteiger charge is -2.63. The van der Waals surface area contributed by atoms with E-state index >= 15 is 8.78 Å². The molecule has 2 aromatic rings. The number of halogens is 2. The maximum atomic E-state index is 18.1. The number of ketones is 1. The maximum absolute atomic E-state index is 18.1. The Labute approximate surface area is 379 Å². The van der Waals surface area contributed by atoms with Gasteiger partial charge in [-0.15, -0.1) is 0 Å². The number of anilines is 1. The van der Waals surface area contributed by atoms with Gasteiger partial charge in [-0.25, -0.2) is 13.3 Å². The highest BCUT2D eigenvalue weighted by Gasteiger charge is 2.80. The quantitative estimate of drug-likeness (QED) is 0.107. The fourth-order valence-corrected chi connectivity index (χ4v) is 12.6. The maximum Gasteiger partial charge on any atom is 0.470 e. The highest BCUT2D eigenvalue weighted by molar-refractivity contribution is 7.46. The third-order valence-corrected chi connectivity index (χ3v) is 16.4. The number of fused-ring (bicyclic) bond motifs is 7. The van der Waals surface area contributed by atoms with E-state index in [0.29, 0.717) is 23.6 Å². The van der Waals surface area contributed by atoms with Crippen molar-refractivity contribution in [2.24, 2.45) is 28.6 Å². The van der Waals surface area contributed by atoms with Crippen molar-refractivity contribution in [1.82, 2.24) is 10.6 Å². The first-order valence-corrected chi connectivity index (χ1v) is 24.3. The Morgan fingerprint density at radius 2 is 1.72 bits per heavy atom. The number of alkyl halides is 2. The molecule has 5 aliphatic carbocycles. The summed E-state index contributed by atoms with van der Waals surface area (Å²) >= 11 is 0. The van der Waals surface area contributed by atoms with Gasteiger partial charge in [0.05, 0.1) is 18.2 Å². The van der Waals surface area contributed by atoms with Crippen molar-refractivity contribution in [3.05, 3.63) is 101 Å². The monoisotopic (exact) mass is 921 g/mol. The minimum absolute atomic E-state index is 0.0634. The minimum atomic E-state index is -5.12. The number of amides is 2. The van der Waals surface area contributed by atoms with Crippen molar-refractivity contribution < 1.29 is 56.6 Å². The molecule has 5 fully saturated rings. The van der Waals surface area contributed by atoms with E-state index in [9.17, 15) is 33.8 Å². The summed E-state index contributed by atoms with van der Waals surface area (Å²) in [6, 6.07) is 13.4. The first kappa shape index (κ1) is 47.6. The molecule has 352 valence electrons. The number of allylic oxidation sites excluding steroid dienone is 6. The number of phosphoric ester groups is 1. The number of aliphatic hydroxyl groups excluding tert-OH is 1. The van der Waals surface area contributed by atoms with E-state index in [1.807, 2.05) is 37.3 Å². The van der Waals surface area contributed by atoms with Crippen molar-refractivity contribution >= 4 is 31.1 Å². The van der Waals surface area contributed by atoms with Gasteiger partial charge in [0.1, 0.15) is 18.8 Å². The molecule has 4 saturated carbocycles. The molecule has 65 heavy (non-hydrogen) atoms. The predicted octanol–water partition coefficient (Wildman–Crippen LogP) is 7.02. The molecule has 2 aromatic carbocycles. The largest absolute Gasteiger partial charge is 0.470 e. The van der Waals surface area contributed by atoms with Crippen LogP contribution >= 0.6 is 7.82 Å². The van der Waals surface area contributed by atoms with Crippen molar-refractivity contribution in [2.75, 3.05) is 11.9 Å². The first-order chi connectivity index (χ1) is 30.5. The van der Waals surface area contributed by atoms with Crippen LogP contribution in [0, 0.1) is 28.6 Å². The second-order valence-electron chi connectivity index (χ2n) is 19.9. The summed E-state index contributed by atoms with van der Waals surface area (Å²) in [6.07, 6.45) is 3.53. The number of aliphatic hydroxyl groups is 1. The average Bonchev–Trinajstić information content (AvgIpc) is 3.62. The molecule has 13 nitrogen and oxygen atoms in total. The third-order valence-electron chi connectivity index (χ3n) is 16.0. The Bertz CT molecular complexity index is 2370. The molecule has 0 aromatic heterocycles. The zero-order valence-corrected chi connectivity index (χ0v) is 38.9. The van der Waals surface area contributed by atoms with E-state index in [1.54, 1.807) is 70.2 Å². The molecular formula is C49H62F2N3O10P. The summed E-state index contributed by atoms with van der Waals surface area (Å²) in [6.45, 7) is 11.8. The van der Waals surface area contributed by atoms with E-state index in [4.69, 9.17) is 14.0 Å². The lowest BCUT2D eigenvalue weighted by Crippen LogP contribution is -2.70. The SMILES string of the molecule is C/C=C1\C=C[C@@]2(C)C(=C1)[C@@H](F)C[C@H]1[C@@H]3C[C@H]4O[C@@H](c5ccc(Cc6cccc(NC(=O)[C@H](C)NC(=O)[C@H](C)NC7(C)CC7CC)c6)cc5)O[C@@]4(C(=O)COP(=O)(O)O)[C@@]3(C)C[C@H](O)[C@@]12F. The van der Waals surface area contributed by atoms with Crippen molar-refractivity contribution in [3.63, 3.8) is 0 Å². The summed E-state index contributed by atoms with van der Waals surface area (Å²) in [7, 11) is -5.12. The van der Waals surface area contributed by atoms with Crippen LogP contribution in [0.15, 0.2) is 84.0 Å². The number of rotatable bonds is 14. The lowest BCUT2D eigenvalue weighted by molar-refractivity contribution is -0.235. The number of benzene rings is 2. The van der Waals surface area contributed by atoms with Gasteiger partial charge in [-0.2, -0.15) is 0 Å². The third kappa shape index (κ3) is 8.11. The molecule has 0 radical (unpaired) electrons. The van der Waals surface area contributed by atoms with Gasteiger partial charge in [0.2, 0.25) is 11.8 Å². The summed E-state index contributed by atoms with van der Waals surface area (Å²) in [5, 5.41) is 21.1. The van der Waals surface area contributed by atoms with E-state index < -0.39 is 90.9 Å². The molecule has 0 spiro atoms. The molecule has 2 amide bonds. The fraction of sp³-hybridized carbons (Fsp3) is 0.571. The Morgan fingerprint density at radius 1 is 1.00 bits per heavy atom. The number of carbonyl (C=O) groups is 3. The number of ether oxygens (including phenoxy) is 2. The number of carbonyl (C=O) groups excluding carboxylic acids is 3. The van der Waals surface area contributed by atoms with Crippen LogP contribution in [-0.2, 0) is 39.4 Å². The highest BCUT2D eigenvalue weighted by Crippen LogP contribution is 2.73. The summed E-state index contributed by atoms with van der Waals surface area (Å²) in [5.74, 6) is -2.69. The molecule has 6 N–H and O–H groups in total. The van der Waals surface area contributed by atoms with Crippen LogP contribution in [0.3, 0.4) is 0 Å². The molecule has 1 aliphatic heterocycles. The molecule has 1 saturated heterocycles. The van der Waals surface area contributed by atoms with Gasteiger partial charge in [0, 0.05) is 33.5 Å². The van der Waals surface area contributed by atoms with Crippen LogP contribution in [0.5, 0.6) is 0 Å². The van der Waals surface area contributed by atoms with Gasteiger partial charge < -0.3 is 40.3 Å². The number of nitrogens with one attached hydrogen (secondary N) is 3. The zero-order chi connectivity index (χ0) is 47.1. The van der Waals surface area contributed by atoms with Crippen LogP contribution in [0.4, 0.5) is 14.5 Å². The van der Waals surface area contributed by atoms with Crippen LogP contribution < -0.4 is 16.0 Å². The Hall–Kier alpha value is -3.92. The van der Waals surface area contributed by atoms with Gasteiger partial charge in [0.25, 0.3) is 0 Å². The molecular weight excluding hydrogens is 860 g/mol. The van der Waals surface area contributed by atoms with Crippen LogP contribution in [0.1, 0.15) is 104 Å². The van der Waals surface area contributed by atoms with Crippen LogP contribution in [-0.4, -0.2) is 86.4 Å². The van der Waals surface area contributed by atoms with E-state index in [-0.39, 0.29) is 42.2 Å². The van der Waals surface area contributed by atoms with Gasteiger partial charge in [-0.3, -0.25) is 18.9 Å². The topological polar surface area (TPSA) is 193 Å². The van der Waals surface area contributed by atoms with E-state index in [2.05, 4.69) is 29.8 Å². The highest BCUT2D eigenvalue weighted by atomic mass is 31.2. The fourth-order valence-electron chi connectivity index (χ4n) is 12.3. The lowest BCUT2D eigenvalue weighted by atomic mass is 9.44. The second-order valence-corrected chi connectivity index (χ2v) is 21.1. The van der Waals surface area contributed by atoms with Gasteiger partial charge >= 0.3 is 7.82 Å². The van der Waals surface area contributed by atoms with E-state index in [1.165, 1.54) is 0 Å². The van der Waals surface area contributed by atoms with Crippen molar-refractivity contribution in [1.29, 1.82) is 0 Å². The van der Waals surface area contributed by atoms with E-state index in [0.717, 1.165) is 29.5 Å². The number of Topliss-reactive ketones (excluding diaryl/α,β-unsaturated/α-hetero) is 1. The number of phosphoric acid groups is 1. The van der Waals surface area contributed by atoms with Crippen molar-refractivity contribution in [2.45, 2.75) is 141 Å². The van der Waals surface area contributed by atoms with Gasteiger partial charge in [-0.05, 0) is 113 Å². The predicted molar refractivity (Wildman–Crippen MR) is 239 cm³/mol. The molecule has 0 bridgehead atoms. The summed E-state index contributed by atoms with van der Waals surface area (Å²) in [4.78, 5) is 59.6. The van der Waals surface area contributed by atoms with Gasteiger partial charge in [0.15, 0.2) is 23.3 Å². The molecule has 8 rings (SSSR count). The molecule has 16 heteroatoms.